The van der Waals surface area contributed by atoms with Crippen LogP contribution in [0.25, 0.3) is 11.1 Å². The minimum absolute atomic E-state index is 0.224. The highest BCUT2D eigenvalue weighted by Crippen LogP contribution is 2.48. The molecule has 1 fully saturated rings. The van der Waals surface area contributed by atoms with Gasteiger partial charge in [-0.05, 0) is 24.0 Å². The molecule has 4 nitrogen and oxygen atoms in total. The molecule has 90 valence electrons. The van der Waals surface area contributed by atoms with Gasteiger partial charge in [-0.1, -0.05) is 24.3 Å². The Hall–Kier alpha value is -2.23. The van der Waals surface area contributed by atoms with Crippen LogP contribution in [0.2, 0.25) is 0 Å². The Morgan fingerprint density at radius 2 is 1.67 bits per heavy atom. The first-order chi connectivity index (χ1) is 8.72. The lowest BCUT2D eigenvalue weighted by Crippen LogP contribution is -2.28. The van der Waals surface area contributed by atoms with E-state index in [1.807, 2.05) is 24.3 Å². The summed E-state index contributed by atoms with van der Waals surface area (Å²) in [6, 6.07) is 7.91. The number of aromatic nitrogens is 2. The number of primary amides is 1. The molecule has 3 rings (SSSR count). The highest BCUT2D eigenvalue weighted by molar-refractivity contribution is 5.90. The largest absolute Gasteiger partial charge is 0.369 e. The van der Waals surface area contributed by atoms with E-state index in [2.05, 4.69) is 9.97 Å². The molecule has 1 aromatic heterocycles. The fraction of sp³-hybridized carbons (Fsp3) is 0.214. The number of hydrogen-bond donors (Lipinski definition) is 1. The molecule has 1 aliphatic carbocycles. The molecule has 0 saturated heterocycles. The predicted octanol–water partition coefficient (Wildman–Crippen LogP) is 1.66. The fourth-order valence-electron chi connectivity index (χ4n) is 2.23. The third-order valence-corrected chi connectivity index (χ3v) is 3.55. The molecule has 0 spiro atoms. The van der Waals surface area contributed by atoms with Gasteiger partial charge < -0.3 is 5.73 Å². The molecule has 0 bridgehead atoms. The molecule has 1 aromatic carbocycles. The van der Waals surface area contributed by atoms with E-state index in [4.69, 9.17) is 5.73 Å². The van der Waals surface area contributed by atoms with Crippen molar-refractivity contribution in [3.8, 4) is 11.1 Å². The standard InChI is InChI=1S/C14H13N3O/c15-13(18)14(5-6-14)12-3-1-10(2-4-12)11-7-16-9-17-8-11/h1-4,7-9H,5-6H2,(H2,15,18). The van der Waals surface area contributed by atoms with Crippen LogP contribution in [0.5, 0.6) is 0 Å². The molecule has 2 aromatic rings. The number of nitrogens with two attached hydrogens (primary N) is 1. The van der Waals surface area contributed by atoms with Crippen LogP contribution in [-0.2, 0) is 10.2 Å². The van der Waals surface area contributed by atoms with Crippen molar-refractivity contribution in [1.29, 1.82) is 0 Å². The van der Waals surface area contributed by atoms with E-state index in [1.165, 1.54) is 6.33 Å². The van der Waals surface area contributed by atoms with Gasteiger partial charge in [0.15, 0.2) is 0 Å². The molecular weight excluding hydrogens is 226 g/mol. The molecule has 1 aliphatic rings. The van der Waals surface area contributed by atoms with Crippen LogP contribution in [0, 0.1) is 0 Å². The summed E-state index contributed by atoms with van der Waals surface area (Å²) in [6.45, 7) is 0. The third kappa shape index (κ3) is 1.66. The summed E-state index contributed by atoms with van der Waals surface area (Å²) in [4.78, 5) is 19.4. The summed E-state index contributed by atoms with van der Waals surface area (Å²) in [5.41, 5.74) is 8.06. The number of rotatable bonds is 3. The normalized spacial score (nSPS) is 16.2. The van der Waals surface area contributed by atoms with E-state index in [1.54, 1.807) is 12.4 Å². The number of carbonyl (C=O) groups excluding carboxylic acids is 1. The molecule has 0 unspecified atom stereocenters. The van der Waals surface area contributed by atoms with Gasteiger partial charge in [-0.15, -0.1) is 0 Å². The second-order valence-corrected chi connectivity index (χ2v) is 4.65. The van der Waals surface area contributed by atoms with Crippen molar-refractivity contribution in [2.24, 2.45) is 5.73 Å². The van der Waals surface area contributed by atoms with Crippen LogP contribution in [0.4, 0.5) is 0 Å². The number of hydrogen-bond acceptors (Lipinski definition) is 3. The Morgan fingerprint density at radius 3 is 2.17 bits per heavy atom. The fourth-order valence-corrected chi connectivity index (χ4v) is 2.23. The van der Waals surface area contributed by atoms with Crippen LogP contribution in [-0.4, -0.2) is 15.9 Å². The first kappa shape index (κ1) is 10.9. The van der Waals surface area contributed by atoms with Crippen LogP contribution >= 0.6 is 0 Å². The van der Waals surface area contributed by atoms with Crippen molar-refractivity contribution in [3.05, 3.63) is 48.5 Å². The highest BCUT2D eigenvalue weighted by Gasteiger charge is 2.49. The monoisotopic (exact) mass is 239 g/mol. The summed E-state index contributed by atoms with van der Waals surface area (Å²) >= 11 is 0. The predicted molar refractivity (Wildman–Crippen MR) is 67.6 cm³/mol. The first-order valence-electron chi connectivity index (χ1n) is 5.88. The van der Waals surface area contributed by atoms with E-state index in [0.717, 1.165) is 29.5 Å². The average molecular weight is 239 g/mol. The van der Waals surface area contributed by atoms with Gasteiger partial charge in [-0.2, -0.15) is 0 Å². The van der Waals surface area contributed by atoms with Crippen molar-refractivity contribution < 1.29 is 4.79 Å². The van der Waals surface area contributed by atoms with Crippen LogP contribution in [0.1, 0.15) is 18.4 Å². The van der Waals surface area contributed by atoms with E-state index in [0.29, 0.717) is 0 Å². The van der Waals surface area contributed by atoms with Crippen molar-refractivity contribution in [2.45, 2.75) is 18.3 Å². The summed E-state index contributed by atoms with van der Waals surface area (Å²) in [6.07, 6.45) is 6.75. The lowest BCUT2D eigenvalue weighted by molar-refractivity contribution is -0.120. The average Bonchev–Trinajstić information content (AvgIpc) is 3.22. The smallest absolute Gasteiger partial charge is 0.228 e. The SMILES string of the molecule is NC(=O)C1(c2ccc(-c3cncnc3)cc2)CC1. The molecule has 2 N–H and O–H groups in total. The second-order valence-electron chi connectivity index (χ2n) is 4.65. The van der Waals surface area contributed by atoms with Gasteiger partial charge >= 0.3 is 0 Å². The second kappa shape index (κ2) is 3.91. The molecule has 0 radical (unpaired) electrons. The summed E-state index contributed by atoms with van der Waals surface area (Å²) in [7, 11) is 0. The third-order valence-electron chi connectivity index (χ3n) is 3.55. The molecule has 1 amide bonds. The molecule has 0 aliphatic heterocycles. The Morgan fingerprint density at radius 1 is 1.06 bits per heavy atom. The van der Waals surface area contributed by atoms with Crippen LogP contribution in [0.3, 0.4) is 0 Å². The summed E-state index contributed by atoms with van der Waals surface area (Å²) < 4.78 is 0. The molecule has 4 heteroatoms. The lowest BCUT2D eigenvalue weighted by Gasteiger charge is -2.11. The first-order valence-corrected chi connectivity index (χ1v) is 5.88. The Bertz CT molecular complexity index is 574. The van der Waals surface area contributed by atoms with Crippen molar-refractivity contribution in [1.82, 2.24) is 9.97 Å². The van der Waals surface area contributed by atoms with Gasteiger partial charge in [-0.25, -0.2) is 9.97 Å². The molecule has 0 atom stereocenters. The zero-order chi connectivity index (χ0) is 12.6. The zero-order valence-corrected chi connectivity index (χ0v) is 9.84. The molecule has 18 heavy (non-hydrogen) atoms. The van der Waals surface area contributed by atoms with Crippen molar-refractivity contribution in [3.63, 3.8) is 0 Å². The number of carbonyl (C=O) groups is 1. The minimum Gasteiger partial charge on any atom is -0.369 e. The number of amides is 1. The maximum absolute atomic E-state index is 11.4. The van der Waals surface area contributed by atoms with E-state index < -0.39 is 5.41 Å². The Balaban J connectivity index is 1.93. The lowest BCUT2D eigenvalue weighted by atomic mass is 9.93. The number of nitrogens with zero attached hydrogens (tertiary/aromatic N) is 2. The van der Waals surface area contributed by atoms with Crippen LogP contribution in [0.15, 0.2) is 43.0 Å². The van der Waals surface area contributed by atoms with Crippen molar-refractivity contribution >= 4 is 5.91 Å². The minimum atomic E-state index is -0.411. The quantitative estimate of drug-likeness (QED) is 0.885. The van der Waals surface area contributed by atoms with E-state index in [9.17, 15) is 4.79 Å². The Labute approximate surface area is 105 Å². The summed E-state index contributed by atoms with van der Waals surface area (Å²) in [5, 5.41) is 0. The zero-order valence-electron chi connectivity index (χ0n) is 9.84. The Kier molecular flexibility index (Phi) is 2.37. The highest BCUT2D eigenvalue weighted by atomic mass is 16.1. The molecule has 1 saturated carbocycles. The summed E-state index contributed by atoms with van der Waals surface area (Å²) in [5.74, 6) is -0.224. The maximum Gasteiger partial charge on any atom is 0.228 e. The van der Waals surface area contributed by atoms with Gasteiger partial charge in [0.05, 0.1) is 5.41 Å². The molecule has 1 heterocycles. The van der Waals surface area contributed by atoms with Crippen LogP contribution < -0.4 is 5.73 Å². The van der Waals surface area contributed by atoms with Gasteiger partial charge in [0.25, 0.3) is 0 Å². The van der Waals surface area contributed by atoms with E-state index in [-0.39, 0.29) is 5.91 Å². The molecular formula is C14H13N3O. The number of benzene rings is 1. The van der Waals surface area contributed by atoms with Gasteiger partial charge in [0, 0.05) is 18.0 Å². The maximum atomic E-state index is 11.4. The van der Waals surface area contributed by atoms with E-state index >= 15 is 0 Å². The van der Waals surface area contributed by atoms with Crippen molar-refractivity contribution in [2.75, 3.05) is 0 Å². The van der Waals surface area contributed by atoms with Gasteiger partial charge in [-0.3, -0.25) is 4.79 Å². The van der Waals surface area contributed by atoms with Gasteiger partial charge in [0.2, 0.25) is 5.91 Å². The van der Waals surface area contributed by atoms with Gasteiger partial charge in [0.1, 0.15) is 6.33 Å². The topological polar surface area (TPSA) is 68.9 Å².